The zero-order valence-electron chi connectivity index (χ0n) is 16.5. The maximum absolute atomic E-state index is 12.9. The zero-order valence-corrected chi connectivity index (χ0v) is 17.4. The normalized spacial score (nSPS) is 21.8. The lowest BCUT2D eigenvalue weighted by atomic mass is 9.93. The second kappa shape index (κ2) is 8.81. The van der Waals surface area contributed by atoms with Gasteiger partial charge in [-0.3, -0.25) is 4.79 Å². The first-order valence-electron chi connectivity index (χ1n) is 10.4. The highest BCUT2D eigenvalue weighted by molar-refractivity contribution is 5.85. The SMILES string of the molecule is Cl.O=C(CC1OCCc2ccccc21)N1CCC(c2nnc3n2CCNC3)CC1. The highest BCUT2D eigenvalue weighted by Gasteiger charge is 2.31. The van der Waals surface area contributed by atoms with Crippen molar-refractivity contribution in [2.45, 2.75) is 50.8 Å². The van der Waals surface area contributed by atoms with E-state index in [1.807, 2.05) is 11.0 Å². The number of rotatable bonds is 3. The molecule has 29 heavy (non-hydrogen) atoms. The first kappa shape index (κ1) is 20.3. The van der Waals surface area contributed by atoms with Gasteiger partial charge in [-0.15, -0.1) is 22.6 Å². The van der Waals surface area contributed by atoms with Crippen molar-refractivity contribution < 1.29 is 9.53 Å². The first-order valence-corrected chi connectivity index (χ1v) is 10.4. The fourth-order valence-corrected chi connectivity index (χ4v) is 4.74. The molecule has 3 aliphatic heterocycles. The van der Waals surface area contributed by atoms with E-state index in [0.717, 1.165) is 63.6 Å². The van der Waals surface area contributed by atoms with Gasteiger partial charge in [0.2, 0.25) is 5.91 Å². The predicted molar refractivity (Wildman–Crippen MR) is 111 cm³/mol. The van der Waals surface area contributed by atoms with Gasteiger partial charge in [-0.05, 0) is 30.4 Å². The maximum Gasteiger partial charge on any atom is 0.225 e. The number of aromatic nitrogens is 3. The minimum atomic E-state index is -0.105. The van der Waals surface area contributed by atoms with Gasteiger partial charge in [0.15, 0.2) is 0 Å². The Balaban J connectivity index is 0.00000205. The summed E-state index contributed by atoms with van der Waals surface area (Å²) in [5, 5.41) is 12.1. The van der Waals surface area contributed by atoms with E-state index in [4.69, 9.17) is 4.74 Å². The number of carbonyl (C=O) groups is 1. The first-order chi connectivity index (χ1) is 13.8. The summed E-state index contributed by atoms with van der Waals surface area (Å²) in [7, 11) is 0. The number of amides is 1. The fraction of sp³-hybridized carbons (Fsp3) is 0.571. The summed E-state index contributed by atoms with van der Waals surface area (Å²) in [4.78, 5) is 14.9. The monoisotopic (exact) mass is 417 g/mol. The van der Waals surface area contributed by atoms with E-state index in [1.54, 1.807) is 0 Å². The molecule has 0 saturated carbocycles. The van der Waals surface area contributed by atoms with Gasteiger partial charge in [-0.1, -0.05) is 24.3 Å². The number of fused-ring (bicyclic) bond motifs is 2. The number of halogens is 1. The molecule has 0 bridgehead atoms. The van der Waals surface area contributed by atoms with Gasteiger partial charge in [0, 0.05) is 32.1 Å². The van der Waals surface area contributed by atoms with Gasteiger partial charge in [-0.2, -0.15) is 0 Å². The second-order valence-corrected chi connectivity index (χ2v) is 7.97. The summed E-state index contributed by atoms with van der Waals surface area (Å²) in [5.74, 6) is 2.74. The summed E-state index contributed by atoms with van der Waals surface area (Å²) >= 11 is 0. The summed E-state index contributed by atoms with van der Waals surface area (Å²) in [6.45, 7) is 4.99. The zero-order chi connectivity index (χ0) is 18.9. The Morgan fingerprint density at radius 2 is 2.00 bits per heavy atom. The highest BCUT2D eigenvalue weighted by Crippen LogP contribution is 2.32. The van der Waals surface area contributed by atoms with Crippen LogP contribution in [0, 0.1) is 0 Å². The molecule has 3 aliphatic rings. The highest BCUT2D eigenvalue weighted by atomic mass is 35.5. The van der Waals surface area contributed by atoms with Crippen molar-refractivity contribution in [1.82, 2.24) is 25.0 Å². The van der Waals surface area contributed by atoms with Crippen LogP contribution in [0.1, 0.15) is 54.1 Å². The van der Waals surface area contributed by atoms with E-state index >= 15 is 0 Å². The summed E-state index contributed by atoms with van der Waals surface area (Å²) < 4.78 is 8.20. The quantitative estimate of drug-likeness (QED) is 0.829. The number of nitrogens with zero attached hydrogens (tertiary/aromatic N) is 4. The topological polar surface area (TPSA) is 72.3 Å². The molecule has 1 N–H and O–H groups in total. The van der Waals surface area contributed by atoms with Crippen molar-refractivity contribution in [3.05, 3.63) is 47.0 Å². The molecule has 1 amide bonds. The molecule has 1 saturated heterocycles. The van der Waals surface area contributed by atoms with Crippen LogP contribution in [0.25, 0.3) is 0 Å². The molecule has 5 rings (SSSR count). The lowest BCUT2D eigenvalue weighted by Gasteiger charge is -2.34. The summed E-state index contributed by atoms with van der Waals surface area (Å²) in [5.41, 5.74) is 2.50. The van der Waals surface area contributed by atoms with E-state index in [-0.39, 0.29) is 24.4 Å². The molecule has 0 aliphatic carbocycles. The Hall–Kier alpha value is -1.96. The van der Waals surface area contributed by atoms with Crippen LogP contribution in [0.2, 0.25) is 0 Å². The third-order valence-corrected chi connectivity index (χ3v) is 6.32. The number of hydrogen-bond acceptors (Lipinski definition) is 5. The van der Waals surface area contributed by atoms with Crippen molar-refractivity contribution in [1.29, 1.82) is 0 Å². The average Bonchev–Trinajstić information content (AvgIpc) is 3.18. The Morgan fingerprint density at radius 1 is 1.17 bits per heavy atom. The van der Waals surface area contributed by atoms with Crippen molar-refractivity contribution in [3.8, 4) is 0 Å². The van der Waals surface area contributed by atoms with Crippen molar-refractivity contribution in [3.63, 3.8) is 0 Å². The molecule has 1 aromatic carbocycles. The van der Waals surface area contributed by atoms with Gasteiger partial charge in [0.05, 0.1) is 25.7 Å². The predicted octanol–water partition coefficient (Wildman–Crippen LogP) is 2.21. The van der Waals surface area contributed by atoms with Crippen LogP contribution in [0.5, 0.6) is 0 Å². The minimum Gasteiger partial charge on any atom is -0.373 e. The maximum atomic E-state index is 12.9. The third kappa shape index (κ3) is 4.04. The molecular weight excluding hydrogens is 390 g/mol. The average molecular weight is 418 g/mol. The number of benzene rings is 1. The molecule has 0 spiro atoms. The van der Waals surface area contributed by atoms with E-state index < -0.39 is 0 Å². The number of hydrogen-bond donors (Lipinski definition) is 1. The van der Waals surface area contributed by atoms with Crippen LogP contribution in [-0.4, -0.2) is 51.8 Å². The van der Waals surface area contributed by atoms with Gasteiger partial charge < -0.3 is 19.5 Å². The Kier molecular flexibility index (Phi) is 6.18. The third-order valence-electron chi connectivity index (χ3n) is 6.32. The molecule has 1 fully saturated rings. The molecule has 8 heteroatoms. The Labute approximate surface area is 177 Å². The molecule has 1 unspecified atom stereocenters. The Bertz CT molecular complexity index is 863. The fourth-order valence-electron chi connectivity index (χ4n) is 4.74. The van der Waals surface area contributed by atoms with Crippen molar-refractivity contribution in [2.75, 3.05) is 26.2 Å². The number of likely N-dealkylation sites (tertiary alicyclic amines) is 1. The summed E-state index contributed by atoms with van der Waals surface area (Å²) in [6, 6.07) is 8.34. The van der Waals surface area contributed by atoms with Crippen molar-refractivity contribution in [2.24, 2.45) is 0 Å². The molecule has 1 aromatic heterocycles. The second-order valence-electron chi connectivity index (χ2n) is 7.97. The van der Waals surface area contributed by atoms with Crippen LogP contribution < -0.4 is 5.32 Å². The number of carbonyl (C=O) groups excluding carboxylic acids is 1. The molecular formula is C21H28ClN5O2. The largest absolute Gasteiger partial charge is 0.373 e. The number of ether oxygens (including phenoxy) is 1. The van der Waals surface area contributed by atoms with Gasteiger partial charge in [0.25, 0.3) is 0 Å². The standard InChI is InChI=1S/C21H27N5O2.ClH/c27-20(13-18-17-4-2-1-3-15(17)7-12-28-18)25-9-5-16(6-10-25)21-24-23-19-14-22-8-11-26(19)21;/h1-4,16,18,22H,5-14H2;1H. The number of nitrogens with one attached hydrogen (secondary N) is 1. The van der Waals surface area contributed by atoms with Gasteiger partial charge >= 0.3 is 0 Å². The molecule has 1 atom stereocenters. The lowest BCUT2D eigenvalue weighted by molar-refractivity contribution is -0.135. The molecule has 2 aromatic rings. The lowest BCUT2D eigenvalue weighted by Crippen LogP contribution is -2.39. The van der Waals surface area contributed by atoms with Gasteiger partial charge in [0.1, 0.15) is 11.6 Å². The number of piperidine rings is 1. The van der Waals surface area contributed by atoms with E-state index in [0.29, 0.717) is 18.9 Å². The van der Waals surface area contributed by atoms with E-state index in [9.17, 15) is 4.79 Å². The molecule has 4 heterocycles. The smallest absolute Gasteiger partial charge is 0.225 e. The van der Waals surface area contributed by atoms with Crippen LogP contribution in [0.3, 0.4) is 0 Å². The minimum absolute atomic E-state index is 0. The molecule has 156 valence electrons. The van der Waals surface area contributed by atoms with E-state index in [1.165, 1.54) is 11.1 Å². The summed E-state index contributed by atoms with van der Waals surface area (Å²) in [6.07, 6.45) is 3.18. The van der Waals surface area contributed by atoms with Crippen LogP contribution in [-0.2, 0) is 29.0 Å². The van der Waals surface area contributed by atoms with Crippen LogP contribution in [0.4, 0.5) is 0 Å². The molecule has 0 radical (unpaired) electrons. The van der Waals surface area contributed by atoms with Gasteiger partial charge in [-0.25, -0.2) is 0 Å². The molecule has 7 nitrogen and oxygen atoms in total. The van der Waals surface area contributed by atoms with Crippen LogP contribution in [0.15, 0.2) is 24.3 Å². The van der Waals surface area contributed by atoms with E-state index in [2.05, 4.69) is 38.3 Å². The Morgan fingerprint density at radius 3 is 2.86 bits per heavy atom. The van der Waals surface area contributed by atoms with Crippen molar-refractivity contribution >= 4 is 18.3 Å². The van der Waals surface area contributed by atoms with Crippen LogP contribution >= 0.6 is 12.4 Å².